The van der Waals surface area contributed by atoms with Gasteiger partial charge in [-0.3, -0.25) is 0 Å². The summed E-state index contributed by atoms with van der Waals surface area (Å²) in [6, 6.07) is 10.7. The smallest absolute Gasteiger partial charge is 0.0701 e. The van der Waals surface area contributed by atoms with Gasteiger partial charge < -0.3 is 5.32 Å². The van der Waals surface area contributed by atoms with Crippen LogP contribution in [0.5, 0.6) is 0 Å². The number of thiophene rings is 1. The largest absolute Gasteiger partial charge is 0.308 e. The number of hydrogen-bond acceptors (Lipinski definition) is 2. The highest BCUT2D eigenvalue weighted by molar-refractivity contribution is 9.11. The van der Waals surface area contributed by atoms with Crippen LogP contribution in [0.4, 0.5) is 0 Å². The molecule has 1 aromatic heterocycles. The zero-order valence-corrected chi connectivity index (χ0v) is 13.5. The minimum absolute atomic E-state index is 0.897. The van der Waals surface area contributed by atoms with Gasteiger partial charge in [0.2, 0.25) is 0 Å². The summed E-state index contributed by atoms with van der Waals surface area (Å²) in [5, 5.41) is 3.45. The third-order valence-corrected chi connectivity index (χ3v) is 4.97. The van der Waals surface area contributed by atoms with Gasteiger partial charge in [0, 0.05) is 22.4 Å². The van der Waals surface area contributed by atoms with Crippen LogP contribution in [-0.2, 0) is 13.1 Å². The van der Waals surface area contributed by atoms with Crippen LogP contribution < -0.4 is 5.32 Å². The first kappa shape index (κ1) is 13.3. The van der Waals surface area contributed by atoms with E-state index in [-0.39, 0.29) is 0 Å². The van der Waals surface area contributed by atoms with E-state index in [1.165, 1.54) is 24.3 Å². The van der Waals surface area contributed by atoms with Crippen LogP contribution in [0, 0.1) is 6.92 Å². The van der Waals surface area contributed by atoms with Gasteiger partial charge in [-0.1, -0.05) is 28.1 Å². The lowest BCUT2D eigenvalue weighted by atomic mass is 10.1. The molecular formula is C13H13Br2NS. The van der Waals surface area contributed by atoms with Gasteiger partial charge in [0.15, 0.2) is 0 Å². The fraction of sp³-hybridized carbons (Fsp3) is 0.231. The Hall–Kier alpha value is -0.160. The zero-order valence-electron chi connectivity index (χ0n) is 9.47. The summed E-state index contributed by atoms with van der Waals surface area (Å²) in [6.07, 6.45) is 0. The predicted octanol–water partition coefficient (Wildman–Crippen LogP) is 4.87. The lowest BCUT2D eigenvalue weighted by Gasteiger charge is -2.05. The van der Waals surface area contributed by atoms with E-state index in [0.717, 1.165) is 13.1 Å². The van der Waals surface area contributed by atoms with E-state index >= 15 is 0 Å². The molecule has 1 heterocycles. The maximum Gasteiger partial charge on any atom is 0.0701 e. The number of rotatable bonds is 4. The highest BCUT2D eigenvalue weighted by Crippen LogP contribution is 2.22. The Balaban J connectivity index is 1.87. The molecule has 1 aromatic carbocycles. The molecule has 0 amide bonds. The Kier molecular flexibility index (Phi) is 4.79. The molecule has 17 heavy (non-hydrogen) atoms. The van der Waals surface area contributed by atoms with Gasteiger partial charge in [-0.05, 0) is 52.2 Å². The molecule has 1 N–H and O–H groups in total. The first-order chi connectivity index (χ1) is 8.15. The molecule has 0 aliphatic heterocycles. The van der Waals surface area contributed by atoms with Crippen LogP contribution in [0.1, 0.15) is 16.0 Å². The van der Waals surface area contributed by atoms with Crippen LogP contribution in [0.3, 0.4) is 0 Å². The van der Waals surface area contributed by atoms with Crippen molar-refractivity contribution < 1.29 is 0 Å². The summed E-state index contributed by atoms with van der Waals surface area (Å²) >= 11 is 8.80. The molecule has 0 fully saturated rings. The van der Waals surface area contributed by atoms with E-state index in [2.05, 4.69) is 74.4 Å². The van der Waals surface area contributed by atoms with Crippen LogP contribution in [0.2, 0.25) is 0 Å². The molecular weight excluding hydrogens is 362 g/mol. The lowest BCUT2D eigenvalue weighted by molar-refractivity contribution is 0.700. The molecule has 0 aliphatic carbocycles. The number of benzene rings is 1. The van der Waals surface area contributed by atoms with E-state index in [9.17, 15) is 0 Å². The Morgan fingerprint density at radius 2 is 1.94 bits per heavy atom. The van der Waals surface area contributed by atoms with Crippen molar-refractivity contribution >= 4 is 43.2 Å². The Morgan fingerprint density at radius 1 is 1.12 bits per heavy atom. The summed E-state index contributed by atoms with van der Waals surface area (Å²) in [7, 11) is 0. The zero-order chi connectivity index (χ0) is 12.3. The summed E-state index contributed by atoms with van der Waals surface area (Å²) in [4.78, 5) is 1.35. The molecule has 0 unspecified atom stereocenters. The average molecular weight is 375 g/mol. The Labute approximate surface area is 123 Å². The minimum atomic E-state index is 0.897. The first-order valence-corrected chi connectivity index (χ1v) is 7.75. The molecule has 4 heteroatoms. The normalized spacial score (nSPS) is 10.8. The van der Waals surface area contributed by atoms with Gasteiger partial charge in [0.25, 0.3) is 0 Å². The molecule has 1 nitrogen and oxygen atoms in total. The highest BCUT2D eigenvalue weighted by Gasteiger charge is 1.99. The van der Waals surface area contributed by atoms with Crippen molar-refractivity contribution in [3.8, 4) is 0 Å². The molecule has 0 bridgehead atoms. The third-order valence-electron chi connectivity index (χ3n) is 2.49. The third kappa shape index (κ3) is 3.91. The molecule has 0 saturated heterocycles. The molecule has 0 aliphatic rings. The summed E-state index contributed by atoms with van der Waals surface area (Å²) in [5.41, 5.74) is 2.58. The summed E-state index contributed by atoms with van der Waals surface area (Å²) in [6.45, 7) is 3.92. The van der Waals surface area contributed by atoms with E-state index in [1.54, 1.807) is 11.3 Å². The van der Waals surface area contributed by atoms with Crippen molar-refractivity contribution in [1.29, 1.82) is 0 Å². The van der Waals surface area contributed by atoms with Crippen molar-refractivity contribution in [2.75, 3.05) is 0 Å². The number of hydrogen-bond donors (Lipinski definition) is 1. The molecule has 0 radical (unpaired) electrons. The second-order valence-electron chi connectivity index (χ2n) is 3.89. The quantitative estimate of drug-likeness (QED) is 0.804. The molecule has 0 saturated carbocycles. The van der Waals surface area contributed by atoms with Gasteiger partial charge in [-0.15, -0.1) is 11.3 Å². The van der Waals surface area contributed by atoms with Gasteiger partial charge in [-0.2, -0.15) is 0 Å². The molecule has 90 valence electrons. The predicted molar refractivity (Wildman–Crippen MR) is 81.4 cm³/mol. The molecule has 2 aromatic rings. The fourth-order valence-electron chi connectivity index (χ4n) is 1.52. The second-order valence-corrected chi connectivity index (χ2v) is 7.29. The van der Waals surface area contributed by atoms with Crippen molar-refractivity contribution in [1.82, 2.24) is 5.32 Å². The van der Waals surface area contributed by atoms with Gasteiger partial charge >= 0.3 is 0 Å². The fourth-order valence-corrected chi connectivity index (χ4v) is 3.40. The topological polar surface area (TPSA) is 12.0 Å². The SMILES string of the molecule is Cc1ccc(CNCc2ccc(Br)s2)cc1Br. The monoisotopic (exact) mass is 373 g/mol. The number of halogens is 2. The minimum Gasteiger partial charge on any atom is -0.308 e. The van der Waals surface area contributed by atoms with Gasteiger partial charge in [0.1, 0.15) is 0 Å². The molecule has 2 rings (SSSR count). The Bertz CT molecular complexity index is 508. The van der Waals surface area contributed by atoms with E-state index in [0.29, 0.717) is 0 Å². The van der Waals surface area contributed by atoms with Crippen LogP contribution >= 0.6 is 43.2 Å². The number of aryl methyl sites for hydroxylation is 1. The highest BCUT2D eigenvalue weighted by atomic mass is 79.9. The first-order valence-electron chi connectivity index (χ1n) is 5.35. The standard InChI is InChI=1S/C13H13Br2NS/c1-9-2-3-10(6-12(9)14)7-16-8-11-4-5-13(15)17-11/h2-6,16H,7-8H2,1H3. The Morgan fingerprint density at radius 3 is 2.59 bits per heavy atom. The van der Waals surface area contributed by atoms with Crippen LogP contribution in [0.25, 0.3) is 0 Å². The van der Waals surface area contributed by atoms with Crippen molar-refractivity contribution in [3.05, 3.63) is 54.6 Å². The van der Waals surface area contributed by atoms with E-state index in [4.69, 9.17) is 0 Å². The van der Waals surface area contributed by atoms with E-state index in [1.807, 2.05) is 0 Å². The maximum absolute atomic E-state index is 3.55. The van der Waals surface area contributed by atoms with Crippen molar-refractivity contribution in [2.24, 2.45) is 0 Å². The second kappa shape index (κ2) is 6.14. The molecule has 0 spiro atoms. The maximum atomic E-state index is 3.55. The molecule has 0 atom stereocenters. The van der Waals surface area contributed by atoms with Crippen LogP contribution in [0.15, 0.2) is 38.6 Å². The van der Waals surface area contributed by atoms with Gasteiger partial charge in [-0.25, -0.2) is 0 Å². The summed E-state index contributed by atoms with van der Waals surface area (Å²) < 4.78 is 2.36. The average Bonchev–Trinajstić information content (AvgIpc) is 2.70. The van der Waals surface area contributed by atoms with Gasteiger partial charge in [0.05, 0.1) is 3.79 Å². The van der Waals surface area contributed by atoms with E-state index < -0.39 is 0 Å². The van der Waals surface area contributed by atoms with Crippen molar-refractivity contribution in [3.63, 3.8) is 0 Å². The lowest BCUT2D eigenvalue weighted by Crippen LogP contribution is -2.11. The number of nitrogens with one attached hydrogen (secondary N) is 1. The van der Waals surface area contributed by atoms with Crippen LogP contribution in [-0.4, -0.2) is 0 Å². The van der Waals surface area contributed by atoms with Crippen molar-refractivity contribution in [2.45, 2.75) is 20.0 Å². The summed E-state index contributed by atoms with van der Waals surface area (Å²) in [5.74, 6) is 0.